The van der Waals surface area contributed by atoms with Crippen molar-refractivity contribution in [1.82, 2.24) is 9.62 Å². The minimum atomic E-state index is -3.68. The zero-order valence-electron chi connectivity index (χ0n) is 19.2. The number of fused-ring (bicyclic) bond motifs is 2. The van der Waals surface area contributed by atoms with Crippen LogP contribution in [0.1, 0.15) is 70.7 Å². The molecule has 2 aliphatic carbocycles. The number of piperidine rings is 1. The number of hydrogen-bond donors (Lipinski definition) is 1. The van der Waals surface area contributed by atoms with Crippen LogP contribution < -0.4 is 5.32 Å². The highest BCUT2D eigenvalue weighted by atomic mass is 79.9. The molecular formula is C24H35BrN2O3S. The minimum Gasteiger partial charge on any atom is -0.348 e. The first kappa shape index (κ1) is 23.2. The Morgan fingerprint density at radius 2 is 1.81 bits per heavy atom. The lowest BCUT2D eigenvalue weighted by Crippen LogP contribution is -2.52. The quantitative estimate of drug-likeness (QED) is 0.615. The molecule has 3 unspecified atom stereocenters. The second-order valence-corrected chi connectivity index (χ2v) is 14.0. The summed E-state index contributed by atoms with van der Waals surface area (Å²) in [5.74, 6) is 1.09. The summed E-state index contributed by atoms with van der Waals surface area (Å²) in [5.41, 5.74) is 0.573. The van der Waals surface area contributed by atoms with Gasteiger partial charge < -0.3 is 5.32 Å². The fourth-order valence-corrected chi connectivity index (χ4v) is 9.29. The van der Waals surface area contributed by atoms with Crippen LogP contribution in [-0.2, 0) is 10.0 Å². The molecule has 3 fully saturated rings. The standard InChI is InChI=1S/C24H35BrN2O3S/c1-15-10-16(2)14-27(13-15)31(29,30)20-11-17(6-7-19(20)25)21(28)26-22-23(3,4)18-8-9-24(22,5)12-18/h6-7,11,15-16,18,22H,8-10,12-14H2,1-5H3,(H,26,28)/t15?,16?,18-,22?,24-/m1/s1. The highest BCUT2D eigenvalue weighted by molar-refractivity contribution is 9.10. The fourth-order valence-electron chi connectivity index (χ4n) is 6.66. The average molecular weight is 512 g/mol. The van der Waals surface area contributed by atoms with E-state index in [1.165, 1.54) is 6.42 Å². The second kappa shape index (κ2) is 7.84. The molecule has 3 aliphatic rings. The lowest BCUT2D eigenvalue weighted by Gasteiger charge is -2.43. The zero-order chi connectivity index (χ0) is 22.8. The van der Waals surface area contributed by atoms with E-state index >= 15 is 0 Å². The number of carbonyl (C=O) groups is 1. The van der Waals surface area contributed by atoms with E-state index < -0.39 is 10.0 Å². The third kappa shape index (κ3) is 3.99. The van der Waals surface area contributed by atoms with E-state index in [1.807, 2.05) is 0 Å². The number of rotatable bonds is 4. The molecule has 1 aromatic carbocycles. The Morgan fingerprint density at radius 3 is 2.39 bits per heavy atom. The van der Waals surface area contributed by atoms with Crippen LogP contribution in [0.4, 0.5) is 0 Å². The Hall–Kier alpha value is -0.920. The van der Waals surface area contributed by atoms with Gasteiger partial charge in [-0.05, 0) is 88.4 Å². The summed E-state index contributed by atoms with van der Waals surface area (Å²) in [6.07, 6.45) is 4.55. The number of carbonyl (C=O) groups excluding carboxylic acids is 1. The number of benzene rings is 1. The van der Waals surface area contributed by atoms with E-state index in [0.29, 0.717) is 40.9 Å². The number of nitrogens with zero attached hydrogens (tertiary/aromatic N) is 1. The first-order chi connectivity index (χ1) is 14.3. The lowest BCUT2D eigenvalue weighted by atomic mass is 9.68. The Balaban J connectivity index is 1.60. The summed E-state index contributed by atoms with van der Waals surface area (Å²) >= 11 is 3.42. The second-order valence-electron chi connectivity index (χ2n) is 11.2. The fraction of sp³-hybridized carbons (Fsp3) is 0.708. The van der Waals surface area contributed by atoms with Crippen molar-refractivity contribution in [2.24, 2.45) is 28.6 Å². The van der Waals surface area contributed by atoms with Crippen LogP contribution in [0, 0.1) is 28.6 Å². The Morgan fingerprint density at radius 1 is 1.16 bits per heavy atom. The van der Waals surface area contributed by atoms with Crippen LogP contribution >= 0.6 is 15.9 Å². The topological polar surface area (TPSA) is 66.5 Å². The van der Waals surface area contributed by atoms with E-state index in [0.717, 1.165) is 19.3 Å². The van der Waals surface area contributed by atoms with Crippen molar-refractivity contribution in [1.29, 1.82) is 0 Å². The molecule has 1 heterocycles. The maximum absolute atomic E-state index is 13.4. The Kier molecular flexibility index (Phi) is 5.88. The first-order valence-corrected chi connectivity index (χ1v) is 13.7. The molecule has 172 valence electrons. The molecule has 0 aromatic heterocycles. The van der Waals surface area contributed by atoms with Gasteiger partial charge in [0, 0.05) is 29.2 Å². The summed E-state index contributed by atoms with van der Waals surface area (Å²) in [4.78, 5) is 13.4. The molecule has 5 nitrogen and oxygen atoms in total. The van der Waals surface area contributed by atoms with Gasteiger partial charge in [0.2, 0.25) is 10.0 Å². The van der Waals surface area contributed by atoms with Crippen molar-refractivity contribution < 1.29 is 13.2 Å². The molecule has 0 radical (unpaired) electrons. The van der Waals surface area contributed by atoms with E-state index in [-0.39, 0.29) is 27.7 Å². The zero-order valence-corrected chi connectivity index (χ0v) is 21.6. The maximum atomic E-state index is 13.4. The van der Waals surface area contributed by atoms with Crippen molar-refractivity contribution >= 4 is 31.9 Å². The molecule has 0 spiro atoms. The van der Waals surface area contributed by atoms with Crippen LogP contribution in [0.3, 0.4) is 0 Å². The first-order valence-electron chi connectivity index (χ1n) is 11.4. The van der Waals surface area contributed by atoms with Crippen molar-refractivity contribution in [2.75, 3.05) is 13.1 Å². The maximum Gasteiger partial charge on any atom is 0.251 e. The van der Waals surface area contributed by atoms with Crippen molar-refractivity contribution in [2.45, 2.75) is 71.2 Å². The molecule has 2 bridgehead atoms. The van der Waals surface area contributed by atoms with Crippen molar-refractivity contribution in [3.63, 3.8) is 0 Å². The third-order valence-corrected chi connectivity index (χ3v) is 11.0. The van der Waals surface area contributed by atoms with Gasteiger partial charge in [0.15, 0.2) is 0 Å². The van der Waals surface area contributed by atoms with Crippen LogP contribution in [0.25, 0.3) is 0 Å². The largest absolute Gasteiger partial charge is 0.348 e. The van der Waals surface area contributed by atoms with Crippen molar-refractivity contribution in [3.05, 3.63) is 28.2 Å². The molecule has 1 N–H and O–H groups in total. The summed E-state index contributed by atoms with van der Waals surface area (Å²) < 4.78 is 29.0. The molecule has 1 saturated heterocycles. The summed E-state index contributed by atoms with van der Waals surface area (Å²) in [7, 11) is -3.68. The summed E-state index contributed by atoms with van der Waals surface area (Å²) in [5, 5.41) is 3.29. The van der Waals surface area contributed by atoms with Gasteiger partial charge in [0.1, 0.15) is 0 Å². The minimum absolute atomic E-state index is 0.0486. The van der Waals surface area contributed by atoms with Gasteiger partial charge in [-0.25, -0.2) is 8.42 Å². The van der Waals surface area contributed by atoms with Gasteiger partial charge in [0.05, 0.1) is 4.90 Å². The average Bonchev–Trinajstić information content (AvgIpc) is 3.15. The lowest BCUT2D eigenvalue weighted by molar-refractivity contribution is 0.0737. The Labute approximate surface area is 195 Å². The van der Waals surface area contributed by atoms with Gasteiger partial charge in [-0.3, -0.25) is 4.79 Å². The predicted octanol–water partition coefficient (Wildman–Crippen LogP) is 5.06. The SMILES string of the molecule is CC1CC(C)CN(S(=O)(=O)c2cc(C(=O)NC3C(C)(C)[C@@H]4CC[C@]3(C)C4)ccc2Br)C1. The van der Waals surface area contributed by atoms with E-state index in [4.69, 9.17) is 0 Å². The van der Waals surface area contributed by atoms with Gasteiger partial charge in [-0.1, -0.05) is 34.6 Å². The molecule has 1 aliphatic heterocycles. The number of amides is 1. The predicted molar refractivity (Wildman–Crippen MR) is 126 cm³/mol. The van der Waals surface area contributed by atoms with Crippen LogP contribution in [0.15, 0.2) is 27.6 Å². The van der Waals surface area contributed by atoms with E-state index in [1.54, 1.807) is 22.5 Å². The molecule has 31 heavy (non-hydrogen) atoms. The normalized spacial score (nSPS) is 35.3. The molecule has 1 amide bonds. The van der Waals surface area contributed by atoms with Gasteiger partial charge in [0.25, 0.3) is 5.91 Å². The van der Waals surface area contributed by atoms with Gasteiger partial charge in [-0.2, -0.15) is 4.31 Å². The number of hydrogen-bond acceptors (Lipinski definition) is 3. The van der Waals surface area contributed by atoms with Crippen LogP contribution in [0.5, 0.6) is 0 Å². The summed E-state index contributed by atoms with van der Waals surface area (Å²) in [6.45, 7) is 12.0. The molecule has 7 heteroatoms. The van der Waals surface area contributed by atoms with Gasteiger partial charge in [-0.15, -0.1) is 0 Å². The number of halogens is 1. The monoisotopic (exact) mass is 510 g/mol. The molecule has 4 rings (SSSR count). The van der Waals surface area contributed by atoms with E-state index in [2.05, 4.69) is 55.9 Å². The molecule has 5 atom stereocenters. The van der Waals surface area contributed by atoms with Crippen molar-refractivity contribution in [3.8, 4) is 0 Å². The van der Waals surface area contributed by atoms with Crippen LogP contribution in [-0.4, -0.2) is 37.8 Å². The number of nitrogens with one attached hydrogen (secondary N) is 1. The third-order valence-electron chi connectivity index (χ3n) is 8.19. The Bertz CT molecular complexity index is 978. The summed E-state index contributed by atoms with van der Waals surface area (Å²) in [6, 6.07) is 5.04. The molecule has 2 saturated carbocycles. The highest BCUT2D eigenvalue weighted by Gasteiger charge is 2.59. The van der Waals surface area contributed by atoms with Crippen LogP contribution in [0.2, 0.25) is 0 Å². The molecule has 1 aromatic rings. The number of sulfonamides is 1. The highest BCUT2D eigenvalue weighted by Crippen LogP contribution is 2.62. The molecular weight excluding hydrogens is 476 g/mol. The van der Waals surface area contributed by atoms with E-state index in [9.17, 15) is 13.2 Å². The smallest absolute Gasteiger partial charge is 0.251 e. The van der Waals surface area contributed by atoms with Gasteiger partial charge >= 0.3 is 0 Å².